The second-order valence-electron chi connectivity index (χ2n) is 4.07. The molecule has 0 radical (unpaired) electrons. The molecule has 0 atom stereocenters. The number of hydrogen-bond donors (Lipinski definition) is 0. The number of para-hydroxylation sites is 2. The zero-order valence-electron chi connectivity index (χ0n) is 11.3. The predicted octanol–water partition coefficient (Wildman–Crippen LogP) is 2.73. The Kier molecular flexibility index (Phi) is 3.68. The molecular formula is C15H12N4O2. The van der Waals surface area contributed by atoms with Gasteiger partial charge in [-0.1, -0.05) is 12.1 Å². The number of rotatable bonds is 4. The third-order valence-electron chi connectivity index (χ3n) is 2.69. The molecule has 3 rings (SSSR count). The molecule has 0 aliphatic rings. The minimum atomic E-state index is 0.447. The normalized spacial score (nSPS) is 10.1. The van der Waals surface area contributed by atoms with Crippen LogP contribution in [0.4, 0.5) is 0 Å². The maximum absolute atomic E-state index is 5.70. The van der Waals surface area contributed by atoms with E-state index >= 15 is 0 Å². The van der Waals surface area contributed by atoms with Crippen molar-refractivity contribution in [3.05, 3.63) is 55.1 Å². The molecule has 0 aliphatic heterocycles. The lowest BCUT2D eigenvalue weighted by Gasteiger charge is -2.09. The Morgan fingerprint density at radius 2 is 1.38 bits per heavy atom. The fraction of sp³-hybridized carbons (Fsp3) is 0.0667. The van der Waals surface area contributed by atoms with Gasteiger partial charge in [-0.2, -0.15) is 0 Å². The molecule has 0 unspecified atom stereocenters. The summed E-state index contributed by atoms with van der Waals surface area (Å²) in [5, 5.41) is 0. The summed E-state index contributed by atoms with van der Waals surface area (Å²) in [4.78, 5) is 16.6. The van der Waals surface area contributed by atoms with E-state index in [9.17, 15) is 0 Å². The van der Waals surface area contributed by atoms with Crippen LogP contribution in [0.1, 0.15) is 0 Å². The highest BCUT2D eigenvalue weighted by molar-refractivity contribution is 5.44. The molecule has 6 heteroatoms. The van der Waals surface area contributed by atoms with Crippen molar-refractivity contribution in [2.24, 2.45) is 0 Å². The zero-order chi connectivity index (χ0) is 14.5. The Morgan fingerprint density at radius 1 is 0.762 bits per heavy atom. The Morgan fingerprint density at radius 3 is 2.05 bits per heavy atom. The summed E-state index contributed by atoms with van der Waals surface area (Å²) in [5.74, 6) is 2.68. The average Bonchev–Trinajstić information content (AvgIpc) is 2.57. The Balaban J connectivity index is 1.82. The van der Waals surface area contributed by atoms with Gasteiger partial charge >= 0.3 is 0 Å². The summed E-state index contributed by atoms with van der Waals surface area (Å²) in [6, 6.07) is 9.11. The molecule has 0 aliphatic carbocycles. The molecule has 3 aromatic rings. The van der Waals surface area contributed by atoms with Gasteiger partial charge in [0.15, 0.2) is 28.9 Å². The van der Waals surface area contributed by atoms with Crippen LogP contribution in [0.15, 0.2) is 55.1 Å². The first-order valence-electron chi connectivity index (χ1n) is 6.27. The average molecular weight is 280 g/mol. The summed E-state index contributed by atoms with van der Waals surface area (Å²) >= 11 is 0. The number of benzene rings is 1. The van der Waals surface area contributed by atoms with Crippen molar-refractivity contribution < 1.29 is 9.47 Å². The molecule has 6 nitrogen and oxygen atoms in total. The molecule has 2 heterocycles. The second-order valence-corrected chi connectivity index (χ2v) is 4.07. The number of ether oxygens (including phenoxy) is 2. The molecule has 1 aromatic carbocycles. The molecule has 104 valence electrons. The quantitative estimate of drug-likeness (QED) is 0.731. The van der Waals surface area contributed by atoms with Crippen LogP contribution >= 0.6 is 0 Å². The minimum Gasteiger partial charge on any atom is -0.493 e. The Hall–Kier alpha value is -3.02. The number of nitrogens with zero attached hydrogens (tertiary/aromatic N) is 4. The first kappa shape index (κ1) is 13.0. The van der Waals surface area contributed by atoms with Gasteiger partial charge in [0.05, 0.1) is 19.5 Å². The molecule has 2 aromatic heterocycles. The van der Waals surface area contributed by atoms with Crippen LogP contribution in [0.2, 0.25) is 0 Å². The van der Waals surface area contributed by atoms with E-state index in [1.807, 2.05) is 24.3 Å². The summed E-state index contributed by atoms with van der Waals surface area (Å²) in [6.07, 6.45) is 6.44. The lowest BCUT2D eigenvalue weighted by molar-refractivity contribution is 0.378. The van der Waals surface area contributed by atoms with Crippen molar-refractivity contribution >= 4 is 0 Å². The largest absolute Gasteiger partial charge is 0.493 e. The lowest BCUT2D eigenvalue weighted by atomic mass is 10.3. The molecule has 0 amide bonds. The van der Waals surface area contributed by atoms with Gasteiger partial charge in [-0.05, 0) is 18.2 Å². The van der Waals surface area contributed by atoms with Gasteiger partial charge in [0.25, 0.3) is 0 Å². The van der Waals surface area contributed by atoms with Crippen LogP contribution in [-0.4, -0.2) is 27.0 Å². The van der Waals surface area contributed by atoms with E-state index in [1.54, 1.807) is 38.0 Å². The zero-order valence-corrected chi connectivity index (χ0v) is 11.3. The van der Waals surface area contributed by atoms with Gasteiger partial charge in [-0.15, -0.1) is 0 Å². The predicted molar refractivity (Wildman–Crippen MR) is 76.1 cm³/mol. The Labute approximate surface area is 121 Å². The maximum atomic E-state index is 5.70. The highest BCUT2D eigenvalue weighted by atomic mass is 16.5. The number of methoxy groups -OCH3 is 1. The van der Waals surface area contributed by atoms with Crippen LogP contribution in [-0.2, 0) is 0 Å². The third-order valence-corrected chi connectivity index (χ3v) is 2.69. The van der Waals surface area contributed by atoms with E-state index in [4.69, 9.17) is 9.47 Å². The molecule has 0 bridgehead atoms. The molecule has 0 N–H and O–H groups in total. The van der Waals surface area contributed by atoms with Crippen LogP contribution in [0.5, 0.6) is 17.2 Å². The molecule has 0 saturated heterocycles. The first-order chi connectivity index (χ1) is 10.4. The standard InChI is InChI=1S/C15H12N4O2/c1-20-12-5-2-3-6-13(12)21-11-9-18-15(19-10-11)14-16-7-4-8-17-14/h2-10H,1H3. The van der Waals surface area contributed by atoms with E-state index in [-0.39, 0.29) is 0 Å². The number of aromatic nitrogens is 4. The molecule has 0 saturated carbocycles. The minimum absolute atomic E-state index is 0.447. The van der Waals surface area contributed by atoms with Crippen LogP contribution in [0.25, 0.3) is 11.6 Å². The maximum Gasteiger partial charge on any atom is 0.197 e. The molecule has 0 fully saturated rings. The monoisotopic (exact) mass is 280 g/mol. The van der Waals surface area contributed by atoms with E-state index in [0.717, 1.165) is 0 Å². The summed E-state index contributed by atoms with van der Waals surface area (Å²) < 4.78 is 10.9. The van der Waals surface area contributed by atoms with Crippen molar-refractivity contribution in [2.75, 3.05) is 7.11 Å². The smallest absolute Gasteiger partial charge is 0.197 e. The summed E-state index contributed by atoms with van der Waals surface area (Å²) in [6.45, 7) is 0. The first-order valence-corrected chi connectivity index (χ1v) is 6.27. The third kappa shape index (κ3) is 2.94. The van der Waals surface area contributed by atoms with E-state index in [1.165, 1.54) is 0 Å². The van der Waals surface area contributed by atoms with Crippen LogP contribution < -0.4 is 9.47 Å². The SMILES string of the molecule is COc1ccccc1Oc1cnc(-c2ncccn2)nc1. The van der Waals surface area contributed by atoms with Crippen molar-refractivity contribution in [3.63, 3.8) is 0 Å². The number of hydrogen-bond acceptors (Lipinski definition) is 6. The summed E-state index contributed by atoms with van der Waals surface area (Å²) in [5.41, 5.74) is 0. The van der Waals surface area contributed by atoms with E-state index in [2.05, 4.69) is 19.9 Å². The van der Waals surface area contributed by atoms with Gasteiger partial charge < -0.3 is 9.47 Å². The highest BCUT2D eigenvalue weighted by Crippen LogP contribution is 2.30. The van der Waals surface area contributed by atoms with Crippen molar-refractivity contribution in [1.82, 2.24) is 19.9 Å². The van der Waals surface area contributed by atoms with Gasteiger partial charge in [-0.3, -0.25) is 0 Å². The highest BCUT2D eigenvalue weighted by Gasteiger charge is 2.07. The Bertz CT molecular complexity index is 717. The van der Waals surface area contributed by atoms with Crippen LogP contribution in [0, 0.1) is 0 Å². The fourth-order valence-corrected chi connectivity index (χ4v) is 1.73. The fourth-order valence-electron chi connectivity index (χ4n) is 1.73. The van der Waals surface area contributed by atoms with Gasteiger partial charge in [0.1, 0.15) is 0 Å². The van der Waals surface area contributed by atoms with E-state index < -0.39 is 0 Å². The van der Waals surface area contributed by atoms with Crippen molar-refractivity contribution in [2.45, 2.75) is 0 Å². The van der Waals surface area contributed by atoms with Gasteiger partial charge in [0, 0.05) is 12.4 Å². The topological polar surface area (TPSA) is 70.0 Å². The second kappa shape index (κ2) is 5.96. The summed E-state index contributed by atoms with van der Waals surface area (Å²) in [7, 11) is 1.59. The molecular weight excluding hydrogens is 268 g/mol. The van der Waals surface area contributed by atoms with E-state index in [0.29, 0.717) is 28.9 Å². The molecule has 0 spiro atoms. The van der Waals surface area contributed by atoms with Gasteiger partial charge in [-0.25, -0.2) is 19.9 Å². The van der Waals surface area contributed by atoms with Crippen molar-refractivity contribution in [3.8, 4) is 28.9 Å². The van der Waals surface area contributed by atoms with Crippen LogP contribution in [0.3, 0.4) is 0 Å². The lowest BCUT2D eigenvalue weighted by Crippen LogP contribution is -1.95. The van der Waals surface area contributed by atoms with Crippen molar-refractivity contribution in [1.29, 1.82) is 0 Å². The molecule has 21 heavy (non-hydrogen) atoms. The van der Waals surface area contributed by atoms with Gasteiger partial charge in [0.2, 0.25) is 0 Å².